The zero-order chi connectivity index (χ0) is 17.1. The third-order valence-electron chi connectivity index (χ3n) is 4.27. The number of aromatic nitrogens is 1. The van der Waals surface area contributed by atoms with Crippen molar-refractivity contribution in [1.29, 1.82) is 0 Å². The van der Waals surface area contributed by atoms with Crippen LogP contribution < -0.4 is 5.73 Å². The first kappa shape index (κ1) is 16.5. The lowest BCUT2D eigenvalue weighted by Crippen LogP contribution is -2.44. The first-order chi connectivity index (χ1) is 11.5. The molecule has 24 heavy (non-hydrogen) atoms. The van der Waals surface area contributed by atoms with Crippen LogP contribution in [0.3, 0.4) is 0 Å². The third kappa shape index (κ3) is 3.57. The number of nitrogens with two attached hydrogens (primary N) is 1. The molecule has 0 saturated carbocycles. The number of hydrogen-bond donors (Lipinski definition) is 1. The second kappa shape index (κ2) is 7.01. The summed E-state index contributed by atoms with van der Waals surface area (Å²) in [5, 5.41) is 0.583. The molecule has 0 bridgehead atoms. The zero-order valence-corrected chi connectivity index (χ0v) is 13.9. The van der Waals surface area contributed by atoms with Crippen molar-refractivity contribution in [2.75, 3.05) is 13.1 Å². The van der Waals surface area contributed by atoms with Gasteiger partial charge in [-0.25, -0.2) is 0 Å². The topological polar surface area (TPSA) is 76.3 Å². The summed E-state index contributed by atoms with van der Waals surface area (Å²) in [5.41, 5.74) is 7.68. The fourth-order valence-corrected chi connectivity index (χ4v) is 3.02. The number of halogens is 1. The van der Waals surface area contributed by atoms with Crippen LogP contribution in [0.25, 0.3) is 11.3 Å². The highest BCUT2D eigenvalue weighted by Gasteiger charge is 2.27. The number of carbonyl (C=O) groups is 2. The number of hydrogen-bond acceptors (Lipinski definition) is 3. The van der Waals surface area contributed by atoms with E-state index in [1.807, 2.05) is 18.2 Å². The van der Waals surface area contributed by atoms with Crippen LogP contribution in [0.15, 0.2) is 42.6 Å². The molecule has 2 N–H and O–H groups in total. The second-order valence-electron chi connectivity index (χ2n) is 5.93. The van der Waals surface area contributed by atoms with Crippen molar-refractivity contribution in [3.8, 4) is 11.3 Å². The van der Waals surface area contributed by atoms with Crippen molar-refractivity contribution in [3.63, 3.8) is 0 Å². The molecule has 0 aliphatic carbocycles. The molecular weight excluding hydrogens is 326 g/mol. The Kier molecular flexibility index (Phi) is 4.81. The number of primary amides is 1. The molecule has 2 amide bonds. The molecule has 6 heteroatoms. The minimum absolute atomic E-state index is 0.0726. The van der Waals surface area contributed by atoms with Crippen LogP contribution >= 0.6 is 11.6 Å². The third-order valence-corrected chi connectivity index (χ3v) is 4.49. The van der Waals surface area contributed by atoms with Gasteiger partial charge in [0.1, 0.15) is 0 Å². The van der Waals surface area contributed by atoms with Gasteiger partial charge in [-0.2, -0.15) is 0 Å². The van der Waals surface area contributed by atoms with Crippen LogP contribution in [0, 0.1) is 5.92 Å². The number of pyridine rings is 1. The van der Waals surface area contributed by atoms with Crippen LogP contribution in [-0.2, 0) is 4.79 Å². The summed E-state index contributed by atoms with van der Waals surface area (Å²) in [6, 6.07) is 10.9. The van der Waals surface area contributed by atoms with Gasteiger partial charge in [-0.15, -0.1) is 0 Å². The highest BCUT2D eigenvalue weighted by molar-refractivity contribution is 6.30. The maximum atomic E-state index is 12.6. The summed E-state index contributed by atoms with van der Waals surface area (Å²) in [6.07, 6.45) is 3.14. The lowest BCUT2D eigenvalue weighted by molar-refractivity contribution is -0.123. The molecule has 0 spiro atoms. The highest BCUT2D eigenvalue weighted by Crippen LogP contribution is 2.22. The summed E-state index contributed by atoms with van der Waals surface area (Å²) in [5.74, 6) is -0.659. The number of nitrogens with zero attached hydrogens (tertiary/aromatic N) is 2. The minimum Gasteiger partial charge on any atom is -0.369 e. The van der Waals surface area contributed by atoms with Gasteiger partial charge in [0.05, 0.1) is 16.6 Å². The molecule has 1 aromatic heterocycles. The molecule has 3 rings (SSSR count). The molecule has 1 aliphatic heterocycles. The highest BCUT2D eigenvalue weighted by atomic mass is 35.5. The molecule has 124 valence electrons. The van der Waals surface area contributed by atoms with E-state index < -0.39 is 0 Å². The van der Waals surface area contributed by atoms with Gasteiger partial charge in [0.2, 0.25) is 5.91 Å². The Hall–Kier alpha value is -2.40. The van der Waals surface area contributed by atoms with E-state index in [4.69, 9.17) is 17.3 Å². The van der Waals surface area contributed by atoms with E-state index in [1.165, 1.54) is 0 Å². The number of piperidine rings is 1. The normalized spacial score (nSPS) is 17.5. The average Bonchev–Trinajstić information content (AvgIpc) is 2.62. The van der Waals surface area contributed by atoms with Crippen LogP contribution in [0.5, 0.6) is 0 Å². The van der Waals surface area contributed by atoms with Gasteiger partial charge >= 0.3 is 0 Å². The Labute approximate surface area is 145 Å². The van der Waals surface area contributed by atoms with E-state index in [1.54, 1.807) is 29.3 Å². The van der Waals surface area contributed by atoms with E-state index in [2.05, 4.69) is 4.98 Å². The number of carbonyl (C=O) groups excluding carboxylic acids is 2. The Morgan fingerprint density at radius 2 is 1.92 bits per heavy atom. The van der Waals surface area contributed by atoms with E-state index in [0.717, 1.165) is 24.1 Å². The van der Waals surface area contributed by atoms with E-state index in [0.29, 0.717) is 23.7 Å². The van der Waals surface area contributed by atoms with Crippen molar-refractivity contribution in [1.82, 2.24) is 9.88 Å². The lowest BCUT2D eigenvalue weighted by Gasteiger charge is -2.31. The van der Waals surface area contributed by atoms with Gasteiger partial charge in [-0.05, 0) is 37.1 Å². The van der Waals surface area contributed by atoms with Gasteiger partial charge < -0.3 is 10.6 Å². The predicted octanol–water partition coefficient (Wildman–Crippen LogP) is 2.74. The molecule has 1 aromatic carbocycles. The number of benzene rings is 1. The van der Waals surface area contributed by atoms with Crippen LogP contribution in [-0.4, -0.2) is 34.8 Å². The second-order valence-corrected chi connectivity index (χ2v) is 6.37. The molecule has 1 fully saturated rings. The SMILES string of the molecule is NC(=O)C1CCCN(C(=O)c2ccc(-c3ccc(Cl)cn3)cc2)C1. The van der Waals surface area contributed by atoms with E-state index >= 15 is 0 Å². The molecular formula is C18H18ClN3O2. The summed E-state index contributed by atoms with van der Waals surface area (Å²) < 4.78 is 0. The molecule has 0 radical (unpaired) electrons. The lowest BCUT2D eigenvalue weighted by atomic mass is 9.96. The molecule has 2 aromatic rings. The smallest absolute Gasteiger partial charge is 0.253 e. The summed E-state index contributed by atoms with van der Waals surface area (Å²) in [6.45, 7) is 1.05. The predicted molar refractivity (Wildman–Crippen MR) is 92.5 cm³/mol. The number of likely N-dealkylation sites (tertiary alicyclic amines) is 1. The van der Waals surface area contributed by atoms with Gasteiger partial charge in [0.15, 0.2) is 0 Å². The van der Waals surface area contributed by atoms with Crippen molar-refractivity contribution in [3.05, 3.63) is 53.2 Å². The van der Waals surface area contributed by atoms with Gasteiger partial charge in [0, 0.05) is 30.4 Å². The number of amides is 2. The van der Waals surface area contributed by atoms with Gasteiger partial charge in [-0.3, -0.25) is 14.6 Å². The van der Waals surface area contributed by atoms with Crippen LogP contribution in [0.1, 0.15) is 23.2 Å². The summed E-state index contributed by atoms with van der Waals surface area (Å²) in [7, 11) is 0. The fraction of sp³-hybridized carbons (Fsp3) is 0.278. The maximum Gasteiger partial charge on any atom is 0.253 e. The Morgan fingerprint density at radius 3 is 2.54 bits per heavy atom. The average molecular weight is 344 g/mol. The number of rotatable bonds is 3. The maximum absolute atomic E-state index is 12.6. The van der Waals surface area contributed by atoms with Crippen molar-refractivity contribution < 1.29 is 9.59 Å². The standard InChI is InChI=1S/C18H18ClN3O2/c19-15-7-8-16(21-10-15)12-3-5-13(6-4-12)18(24)22-9-1-2-14(11-22)17(20)23/h3-8,10,14H,1-2,9,11H2,(H2,20,23). The van der Waals surface area contributed by atoms with E-state index in [9.17, 15) is 9.59 Å². The first-order valence-electron chi connectivity index (χ1n) is 7.85. The van der Waals surface area contributed by atoms with Crippen molar-refractivity contribution >= 4 is 23.4 Å². The molecule has 1 atom stereocenters. The van der Waals surface area contributed by atoms with Gasteiger partial charge in [-0.1, -0.05) is 23.7 Å². The zero-order valence-electron chi connectivity index (χ0n) is 13.1. The van der Waals surface area contributed by atoms with Crippen LogP contribution in [0.2, 0.25) is 5.02 Å². The monoisotopic (exact) mass is 343 g/mol. The largest absolute Gasteiger partial charge is 0.369 e. The molecule has 2 heterocycles. The summed E-state index contributed by atoms with van der Waals surface area (Å²) in [4.78, 5) is 29.9. The fourth-order valence-electron chi connectivity index (χ4n) is 2.91. The van der Waals surface area contributed by atoms with Crippen molar-refractivity contribution in [2.45, 2.75) is 12.8 Å². The molecule has 5 nitrogen and oxygen atoms in total. The summed E-state index contributed by atoms with van der Waals surface area (Å²) >= 11 is 5.84. The Morgan fingerprint density at radius 1 is 1.17 bits per heavy atom. The van der Waals surface area contributed by atoms with Crippen molar-refractivity contribution in [2.24, 2.45) is 11.7 Å². The molecule has 1 saturated heterocycles. The van der Waals surface area contributed by atoms with Gasteiger partial charge in [0.25, 0.3) is 5.91 Å². The quantitative estimate of drug-likeness (QED) is 0.930. The molecule has 1 unspecified atom stereocenters. The Bertz CT molecular complexity index is 744. The molecule has 1 aliphatic rings. The van der Waals surface area contributed by atoms with E-state index in [-0.39, 0.29) is 17.7 Å². The Balaban J connectivity index is 1.74. The van der Waals surface area contributed by atoms with Crippen LogP contribution in [0.4, 0.5) is 0 Å². The minimum atomic E-state index is -0.336. The first-order valence-corrected chi connectivity index (χ1v) is 8.23.